The molecule has 6 aliphatic carbocycles. The number of rotatable bonds is 4. The second-order valence-corrected chi connectivity index (χ2v) is 12.4. The molecule has 9 rings (SSSR count). The van der Waals surface area contributed by atoms with Crippen LogP contribution in [0.2, 0.25) is 0 Å². The highest BCUT2D eigenvalue weighted by Gasteiger charge is 2.55. The van der Waals surface area contributed by atoms with E-state index in [1.807, 2.05) is 10.9 Å². The summed E-state index contributed by atoms with van der Waals surface area (Å²) in [5, 5.41) is 19.0. The molecule has 6 aliphatic rings. The summed E-state index contributed by atoms with van der Waals surface area (Å²) in [6, 6.07) is 8.67. The first-order valence-corrected chi connectivity index (χ1v) is 14.1. The van der Waals surface area contributed by atoms with Crippen LogP contribution in [0.15, 0.2) is 36.7 Å². The second-order valence-electron chi connectivity index (χ2n) is 12.4. The molecule has 1 amide bonds. The normalized spacial score (nSPS) is 31.5. The van der Waals surface area contributed by atoms with Crippen molar-refractivity contribution in [2.45, 2.75) is 81.8 Å². The van der Waals surface area contributed by atoms with Gasteiger partial charge in [0.15, 0.2) is 0 Å². The number of carbonyl (C=O) groups is 1. The molecule has 0 aliphatic heterocycles. The van der Waals surface area contributed by atoms with E-state index in [0.717, 1.165) is 75.6 Å². The number of nitrogens with one attached hydrogen (secondary N) is 1. The first kappa shape index (κ1) is 22.0. The van der Waals surface area contributed by atoms with Gasteiger partial charge in [-0.3, -0.25) is 4.79 Å². The van der Waals surface area contributed by atoms with Crippen molar-refractivity contribution in [1.82, 2.24) is 25.1 Å². The van der Waals surface area contributed by atoms with Crippen LogP contribution in [0, 0.1) is 17.8 Å². The summed E-state index contributed by atoms with van der Waals surface area (Å²) in [5.41, 5.74) is 5.79. The third-order valence-electron chi connectivity index (χ3n) is 9.76. The van der Waals surface area contributed by atoms with Gasteiger partial charge >= 0.3 is 0 Å². The quantitative estimate of drug-likeness (QED) is 0.561. The minimum Gasteiger partial charge on any atom is -0.390 e. The Labute approximate surface area is 216 Å². The standard InChI is InChI=1S/C30H33N5O2/c36-28(33-25-21-10-17-11-22(25)14-30(37,12-17)13-21)24-16-32-35(27(24)19-8-9-19)29-31-15-20-6-3-5-18-4-1-2-7-23(18)26(20)34-29/h1-2,4,7,15-17,19,21-22,25,37H,3,5-6,8-14H2,(H,33,36). The average Bonchev–Trinajstić information content (AvgIpc) is 3.66. The maximum absolute atomic E-state index is 13.7. The molecule has 2 N–H and O–H groups in total. The number of aromatic nitrogens is 4. The first-order valence-electron chi connectivity index (χ1n) is 14.1. The molecule has 7 heteroatoms. The van der Waals surface area contributed by atoms with Crippen molar-refractivity contribution >= 4 is 5.91 Å². The van der Waals surface area contributed by atoms with Crippen molar-refractivity contribution in [3.63, 3.8) is 0 Å². The Morgan fingerprint density at radius 2 is 1.81 bits per heavy atom. The van der Waals surface area contributed by atoms with Gasteiger partial charge in [-0.05, 0) is 93.1 Å². The van der Waals surface area contributed by atoms with Gasteiger partial charge in [0.2, 0.25) is 0 Å². The number of benzene rings is 1. The van der Waals surface area contributed by atoms with Crippen LogP contribution in [0.3, 0.4) is 0 Å². The fourth-order valence-corrected chi connectivity index (χ4v) is 8.24. The van der Waals surface area contributed by atoms with E-state index in [1.165, 1.54) is 16.7 Å². The molecule has 5 saturated carbocycles. The number of hydrogen-bond donors (Lipinski definition) is 2. The fourth-order valence-electron chi connectivity index (χ4n) is 8.24. The summed E-state index contributed by atoms with van der Waals surface area (Å²) in [7, 11) is 0. The fraction of sp³-hybridized carbons (Fsp3) is 0.533. The third kappa shape index (κ3) is 3.57. The summed E-state index contributed by atoms with van der Waals surface area (Å²) in [6.07, 6.45) is 13.7. The molecule has 2 aromatic heterocycles. The summed E-state index contributed by atoms with van der Waals surface area (Å²) in [5.74, 6) is 2.22. The molecule has 4 bridgehead atoms. The molecule has 2 atom stereocenters. The average molecular weight is 496 g/mol. The van der Waals surface area contributed by atoms with E-state index in [-0.39, 0.29) is 11.9 Å². The number of aryl methyl sites for hydroxylation is 2. The summed E-state index contributed by atoms with van der Waals surface area (Å²) in [6.45, 7) is 0. The lowest BCUT2D eigenvalue weighted by Gasteiger charge is -2.58. The van der Waals surface area contributed by atoms with Crippen LogP contribution >= 0.6 is 0 Å². The van der Waals surface area contributed by atoms with Crippen LogP contribution < -0.4 is 5.32 Å². The van der Waals surface area contributed by atoms with Gasteiger partial charge in [-0.2, -0.15) is 5.10 Å². The predicted octanol–water partition coefficient (Wildman–Crippen LogP) is 4.36. The maximum Gasteiger partial charge on any atom is 0.255 e. The highest BCUT2D eigenvalue weighted by atomic mass is 16.3. The van der Waals surface area contributed by atoms with E-state index in [2.05, 4.69) is 34.7 Å². The van der Waals surface area contributed by atoms with Crippen molar-refractivity contribution in [3.05, 3.63) is 59.0 Å². The Hall–Kier alpha value is -3.06. The zero-order chi connectivity index (χ0) is 24.7. The molecule has 3 aromatic rings. The zero-order valence-corrected chi connectivity index (χ0v) is 21.1. The molecule has 0 spiro atoms. The third-order valence-corrected chi connectivity index (χ3v) is 9.76. The molecule has 5 fully saturated rings. The molecule has 7 nitrogen and oxygen atoms in total. The van der Waals surface area contributed by atoms with Gasteiger partial charge in [0.1, 0.15) is 0 Å². The van der Waals surface area contributed by atoms with Gasteiger partial charge in [-0.25, -0.2) is 14.6 Å². The summed E-state index contributed by atoms with van der Waals surface area (Å²) >= 11 is 0. The number of nitrogens with zero attached hydrogens (tertiary/aromatic N) is 4. The van der Waals surface area contributed by atoms with Crippen LogP contribution in [-0.2, 0) is 12.8 Å². The molecule has 190 valence electrons. The number of carbonyl (C=O) groups excluding carboxylic acids is 1. The highest BCUT2D eigenvalue weighted by Crippen LogP contribution is 2.55. The Morgan fingerprint density at radius 3 is 2.59 bits per heavy atom. The summed E-state index contributed by atoms with van der Waals surface area (Å²) < 4.78 is 1.82. The van der Waals surface area contributed by atoms with Crippen molar-refractivity contribution in [3.8, 4) is 17.2 Å². The van der Waals surface area contributed by atoms with E-state index in [4.69, 9.17) is 9.97 Å². The van der Waals surface area contributed by atoms with Crippen molar-refractivity contribution in [1.29, 1.82) is 0 Å². The molecular formula is C30H33N5O2. The Morgan fingerprint density at radius 1 is 1.03 bits per heavy atom. The Bertz CT molecular complexity index is 1390. The monoisotopic (exact) mass is 495 g/mol. The number of fused-ring (bicyclic) bond motifs is 3. The van der Waals surface area contributed by atoms with Crippen LogP contribution in [-0.4, -0.2) is 42.4 Å². The Kier molecular flexibility index (Phi) is 4.73. The van der Waals surface area contributed by atoms with Gasteiger partial charge in [0, 0.05) is 23.7 Å². The molecular weight excluding hydrogens is 462 g/mol. The summed E-state index contributed by atoms with van der Waals surface area (Å²) in [4.78, 5) is 23.5. The SMILES string of the molecule is O=C(NC1C2CC3CC1CC(O)(C3)C2)c1cnn(-c2ncc3c(n2)-c2ccccc2CCC3)c1C1CC1. The van der Waals surface area contributed by atoms with Crippen molar-refractivity contribution in [2.75, 3.05) is 0 Å². The van der Waals surface area contributed by atoms with Crippen molar-refractivity contribution in [2.24, 2.45) is 17.8 Å². The van der Waals surface area contributed by atoms with Crippen molar-refractivity contribution < 1.29 is 9.90 Å². The maximum atomic E-state index is 13.7. The molecule has 0 saturated heterocycles. The molecule has 2 unspecified atom stereocenters. The van der Waals surface area contributed by atoms with Gasteiger partial charge in [0.25, 0.3) is 11.9 Å². The molecule has 1 aromatic carbocycles. The van der Waals surface area contributed by atoms with Crippen LogP contribution in [0.25, 0.3) is 17.2 Å². The van der Waals surface area contributed by atoms with E-state index in [9.17, 15) is 9.90 Å². The lowest BCUT2D eigenvalue weighted by Crippen LogP contribution is -2.61. The lowest BCUT2D eigenvalue weighted by atomic mass is 9.52. The number of hydrogen-bond acceptors (Lipinski definition) is 5. The van der Waals surface area contributed by atoms with E-state index < -0.39 is 5.60 Å². The van der Waals surface area contributed by atoms with E-state index in [1.54, 1.807) is 6.20 Å². The second kappa shape index (κ2) is 7.97. The molecule has 37 heavy (non-hydrogen) atoms. The van der Waals surface area contributed by atoms with Crippen LogP contribution in [0.5, 0.6) is 0 Å². The molecule has 0 radical (unpaired) electrons. The van der Waals surface area contributed by atoms with E-state index >= 15 is 0 Å². The topological polar surface area (TPSA) is 92.9 Å². The molecule has 2 heterocycles. The van der Waals surface area contributed by atoms with Gasteiger partial charge in [-0.1, -0.05) is 24.3 Å². The van der Waals surface area contributed by atoms with E-state index in [0.29, 0.717) is 35.2 Å². The number of amides is 1. The minimum absolute atomic E-state index is 0.0299. The lowest BCUT2D eigenvalue weighted by molar-refractivity contribution is -0.136. The largest absolute Gasteiger partial charge is 0.390 e. The van der Waals surface area contributed by atoms with Gasteiger partial charge < -0.3 is 10.4 Å². The number of aliphatic hydroxyl groups is 1. The van der Waals surface area contributed by atoms with Crippen LogP contribution in [0.1, 0.15) is 84.5 Å². The Balaban J connectivity index is 1.13. The van der Waals surface area contributed by atoms with Crippen LogP contribution in [0.4, 0.5) is 0 Å². The predicted molar refractivity (Wildman–Crippen MR) is 138 cm³/mol. The van der Waals surface area contributed by atoms with Gasteiger partial charge in [0.05, 0.1) is 28.7 Å². The first-order chi connectivity index (χ1) is 18.0. The van der Waals surface area contributed by atoms with Gasteiger partial charge in [-0.15, -0.1) is 0 Å². The smallest absolute Gasteiger partial charge is 0.255 e. The minimum atomic E-state index is -0.497. The zero-order valence-electron chi connectivity index (χ0n) is 21.1. The highest BCUT2D eigenvalue weighted by molar-refractivity contribution is 5.95.